The molecule has 1 aromatic rings. The van der Waals surface area contributed by atoms with Gasteiger partial charge in [0.05, 0.1) is 6.54 Å². The van der Waals surface area contributed by atoms with Gasteiger partial charge in [0.15, 0.2) is 0 Å². The van der Waals surface area contributed by atoms with Crippen LogP contribution in [0.4, 0.5) is 0 Å². The lowest BCUT2D eigenvalue weighted by Crippen LogP contribution is -2.22. The van der Waals surface area contributed by atoms with E-state index < -0.39 is 5.97 Å². The molecule has 23 heavy (non-hydrogen) atoms. The summed E-state index contributed by atoms with van der Waals surface area (Å²) in [5.74, 6) is 0.640. The third kappa shape index (κ3) is 5.27. The summed E-state index contributed by atoms with van der Waals surface area (Å²) < 4.78 is 0. The molecule has 0 spiro atoms. The summed E-state index contributed by atoms with van der Waals surface area (Å²) >= 11 is 0. The zero-order valence-electron chi connectivity index (χ0n) is 14.9. The SMILES string of the molecule is CC(=O)O.Cc1cc(C(C)(C)C)c(O)c(C)c1CC1=NCCN1. The van der Waals surface area contributed by atoms with Gasteiger partial charge in [-0.1, -0.05) is 26.8 Å². The Morgan fingerprint density at radius 3 is 2.35 bits per heavy atom. The van der Waals surface area contributed by atoms with Gasteiger partial charge in [-0.2, -0.15) is 0 Å². The van der Waals surface area contributed by atoms with Gasteiger partial charge >= 0.3 is 0 Å². The van der Waals surface area contributed by atoms with Crippen molar-refractivity contribution in [2.45, 2.75) is 53.4 Å². The zero-order chi connectivity index (χ0) is 17.8. The van der Waals surface area contributed by atoms with Gasteiger partial charge in [-0.05, 0) is 41.5 Å². The summed E-state index contributed by atoms with van der Waals surface area (Å²) in [5.41, 5.74) is 4.39. The van der Waals surface area contributed by atoms with Crippen molar-refractivity contribution in [1.82, 2.24) is 5.32 Å². The van der Waals surface area contributed by atoms with Crippen LogP contribution in [0.2, 0.25) is 0 Å². The number of nitrogens with zero attached hydrogens (tertiary/aromatic N) is 1. The van der Waals surface area contributed by atoms with E-state index in [1.165, 1.54) is 11.1 Å². The number of phenols is 1. The van der Waals surface area contributed by atoms with Gasteiger partial charge in [0, 0.05) is 19.9 Å². The number of phenolic OH excluding ortho intramolecular Hbond substituents is 1. The first-order chi connectivity index (χ1) is 10.5. The highest BCUT2D eigenvalue weighted by Crippen LogP contribution is 2.36. The minimum atomic E-state index is -0.833. The van der Waals surface area contributed by atoms with Gasteiger partial charge in [-0.15, -0.1) is 0 Å². The molecule has 0 aliphatic carbocycles. The molecule has 0 unspecified atom stereocenters. The Balaban J connectivity index is 0.000000593. The van der Waals surface area contributed by atoms with Crippen molar-refractivity contribution >= 4 is 11.8 Å². The molecule has 1 heterocycles. The van der Waals surface area contributed by atoms with Crippen molar-refractivity contribution in [2.24, 2.45) is 4.99 Å². The molecule has 0 saturated carbocycles. The topological polar surface area (TPSA) is 81.9 Å². The van der Waals surface area contributed by atoms with Gasteiger partial charge in [-0.25, -0.2) is 0 Å². The van der Waals surface area contributed by atoms with E-state index in [2.05, 4.69) is 44.1 Å². The Morgan fingerprint density at radius 1 is 1.35 bits per heavy atom. The second-order valence-corrected chi connectivity index (χ2v) is 6.89. The Hall–Kier alpha value is -2.04. The second-order valence-electron chi connectivity index (χ2n) is 6.89. The highest BCUT2D eigenvalue weighted by Gasteiger charge is 2.22. The minimum absolute atomic E-state index is 0.0404. The number of benzene rings is 1. The van der Waals surface area contributed by atoms with Crippen molar-refractivity contribution in [1.29, 1.82) is 0 Å². The van der Waals surface area contributed by atoms with Crippen molar-refractivity contribution in [3.63, 3.8) is 0 Å². The smallest absolute Gasteiger partial charge is 0.300 e. The number of aliphatic imine (C=N–C) groups is 1. The molecule has 2 rings (SSSR count). The van der Waals surface area contributed by atoms with Crippen LogP contribution in [0, 0.1) is 13.8 Å². The number of hydrogen-bond donors (Lipinski definition) is 3. The quantitative estimate of drug-likeness (QED) is 0.782. The molecule has 0 amide bonds. The molecule has 0 fully saturated rings. The number of carboxylic acids is 1. The predicted octanol–water partition coefficient (Wildman–Crippen LogP) is 2.94. The molecule has 1 aromatic carbocycles. The average molecular weight is 320 g/mol. The van der Waals surface area contributed by atoms with Crippen LogP contribution in [0.15, 0.2) is 11.1 Å². The average Bonchev–Trinajstić information content (AvgIpc) is 2.90. The monoisotopic (exact) mass is 320 g/mol. The first kappa shape index (κ1) is 19.0. The van der Waals surface area contributed by atoms with Crippen LogP contribution in [0.1, 0.15) is 49.9 Å². The minimum Gasteiger partial charge on any atom is -0.507 e. The van der Waals surface area contributed by atoms with Gasteiger partial charge in [0.25, 0.3) is 5.97 Å². The lowest BCUT2D eigenvalue weighted by molar-refractivity contribution is -0.134. The summed E-state index contributed by atoms with van der Waals surface area (Å²) in [7, 11) is 0. The molecular formula is C18H28N2O3. The first-order valence-corrected chi connectivity index (χ1v) is 7.83. The molecular weight excluding hydrogens is 292 g/mol. The molecule has 0 aromatic heterocycles. The molecule has 0 saturated heterocycles. The van der Waals surface area contributed by atoms with Gasteiger partial charge in [0.1, 0.15) is 11.6 Å². The summed E-state index contributed by atoms with van der Waals surface area (Å²) in [6.45, 7) is 13.4. The van der Waals surface area contributed by atoms with Crippen molar-refractivity contribution in [3.05, 3.63) is 28.3 Å². The maximum atomic E-state index is 10.5. The fourth-order valence-corrected chi connectivity index (χ4v) is 2.59. The largest absolute Gasteiger partial charge is 0.507 e. The number of carbonyl (C=O) groups is 1. The van der Waals surface area contributed by atoms with E-state index in [0.717, 1.165) is 43.4 Å². The number of aliphatic carboxylic acids is 1. The maximum absolute atomic E-state index is 10.5. The van der Waals surface area contributed by atoms with Crippen LogP contribution in [0.5, 0.6) is 5.75 Å². The predicted molar refractivity (Wildman–Crippen MR) is 93.6 cm³/mol. The number of hydrogen-bond acceptors (Lipinski definition) is 4. The van der Waals surface area contributed by atoms with Gasteiger partial charge < -0.3 is 15.5 Å². The fourth-order valence-electron chi connectivity index (χ4n) is 2.59. The third-order valence-electron chi connectivity index (χ3n) is 3.80. The zero-order valence-corrected chi connectivity index (χ0v) is 14.9. The number of nitrogens with one attached hydrogen (secondary N) is 1. The summed E-state index contributed by atoms with van der Waals surface area (Å²) in [5, 5.41) is 21.2. The van der Waals surface area contributed by atoms with Crippen molar-refractivity contribution in [2.75, 3.05) is 13.1 Å². The molecule has 128 valence electrons. The van der Waals surface area contributed by atoms with Crippen LogP contribution in [0.25, 0.3) is 0 Å². The van der Waals surface area contributed by atoms with Crippen molar-refractivity contribution < 1.29 is 15.0 Å². The standard InChI is InChI=1S/C16H24N2O.C2H4O2/c1-10-8-13(16(3,4)5)15(19)11(2)12(10)9-14-17-6-7-18-14;1-2(3)4/h8,19H,6-7,9H2,1-5H3,(H,17,18);1H3,(H,3,4). The molecule has 0 bridgehead atoms. The third-order valence-corrected chi connectivity index (χ3v) is 3.80. The van der Waals surface area contributed by atoms with E-state index in [1.54, 1.807) is 0 Å². The van der Waals surface area contributed by atoms with E-state index in [0.29, 0.717) is 5.75 Å². The Labute approximate surface area is 138 Å². The maximum Gasteiger partial charge on any atom is 0.300 e. The van der Waals surface area contributed by atoms with E-state index in [9.17, 15) is 5.11 Å². The van der Waals surface area contributed by atoms with E-state index in [4.69, 9.17) is 9.90 Å². The molecule has 1 aliphatic heterocycles. The Bertz CT molecular complexity index is 610. The van der Waals surface area contributed by atoms with Crippen LogP contribution in [0.3, 0.4) is 0 Å². The number of aryl methyl sites for hydroxylation is 1. The number of amidine groups is 1. The first-order valence-electron chi connectivity index (χ1n) is 7.83. The molecule has 0 atom stereocenters. The summed E-state index contributed by atoms with van der Waals surface area (Å²) in [4.78, 5) is 13.4. The molecule has 1 aliphatic rings. The molecule has 3 N–H and O–H groups in total. The number of rotatable bonds is 2. The lowest BCUT2D eigenvalue weighted by atomic mass is 9.82. The number of carboxylic acid groups (broad SMARTS) is 1. The Morgan fingerprint density at radius 2 is 1.91 bits per heavy atom. The van der Waals surface area contributed by atoms with Gasteiger partial charge in [0.2, 0.25) is 0 Å². The molecule has 0 radical (unpaired) electrons. The van der Waals surface area contributed by atoms with Crippen molar-refractivity contribution in [3.8, 4) is 5.75 Å². The Kier molecular flexibility index (Phi) is 6.19. The van der Waals surface area contributed by atoms with Crippen LogP contribution < -0.4 is 5.32 Å². The highest BCUT2D eigenvalue weighted by molar-refractivity contribution is 5.86. The van der Waals surface area contributed by atoms with Crippen LogP contribution in [-0.2, 0) is 16.6 Å². The fraction of sp³-hybridized carbons (Fsp3) is 0.556. The van der Waals surface area contributed by atoms with Crippen LogP contribution in [-0.4, -0.2) is 35.1 Å². The van der Waals surface area contributed by atoms with Gasteiger partial charge in [-0.3, -0.25) is 9.79 Å². The van der Waals surface area contributed by atoms with Crippen LogP contribution >= 0.6 is 0 Å². The normalized spacial score (nSPS) is 13.7. The lowest BCUT2D eigenvalue weighted by Gasteiger charge is -2.24. The second kappa shape index (κ2) is 7.49. The molecule has 5 nitrogen and oxygen atoms in total. The highest BCUT2D eigenvalue weighted by atomic mass is 16.4. The van der Waals surface area contributed by atoms with E-state index in [1.807, 2.05) is 6.92 Å². The summed E-state index contributed by atoms with van der Waals surface area (Å²) in [6.07, 6.45) is 0.787. The summed E-state index contributed by atoms with van der Waals surface area (Å²) in [6, 6.07) is 2.12. The van der Waals surface area contributed by atoms with E-state index >= 15 is 0 Å². The number of aromatic hydroxyl groups is 1. The van der Waals surface area contributed by atoms with E-state index in [-0.39, 0.29) is 5.41 Å². The molecule has 5 heteroatoms.